The average molecular weight is 231 g/mol. The lowest BCUT2D eigenvalue weighted by molar-refractivity contribution is 0.260. The summed E-state index contributed by atoms with van der Waals surface area (Å²) in [6.45, 7) is 9.83. The minimum Gasteiger partial charge on any atom is -0.0925 e. The Morgan fingerprint density at radius 3 is 1.92 bits per heavy atom. The lowest BCUT2D eigenvalue weighted by Gasteiger charge is -2.22. The third-order valence-corrected chi connectivity index (χ3v) is 5.88. The van der Waals surface area contributed by atoms with E-state index >= 15 is 0 Å². The maximum absolute atomic E-state index is 3.65. The van der Waals surface area contributed by atoms with Gasteiger partial charge in [0.05, 0.1) is 0 Å². The van der Waals surface area contributed by atoms with E-state index in [1.165, 1.54) is 18.2 Å². The van der Waals surface area contributed by atoms with E-state index in [4.69, 9.17) is 0 Å². The third-order valence-electron chi connectivity index (χ3n) is 5.23. The molecule has 2 fully saturated rings. The van der Waals surface area contributed by atoms with Crippen molar-refractivity contribution in [3.05, 3.63) is 0 Å². The van der Waals surface area contributed by atoms with Crippen molar-refractivity contribution in [3.63, 3.8) is 0 Å². The van der Waals surface area contributed by atoms with E-state index in [9.17, 15) is 0 Å². The molecule has 0 N–H and O–H groups in total. The van der Waals surface area contributed by atoms with E-state index in [1.54, 1.807) is 0 Å². The molecule has 0 heterocycles. The molecule has 0 radical (unpaired) electrons. The Morgan fingerprint density at radius 1 is 1.17 bits per heavy atom. The van der Waals surface area contributed by atoms with Gasteiger partial charge < -0.3 is 0 Å². The van der Waals surface area contributed by atoms with Gasteiger partial charge >= 0.3 is 0 Å². The van der Waals surface area contributed by atoms with E-state index < -0.39 is 0 Å². The van der Waals surface area contributed by atoms with Crippen molar-refractivity contribution in [1.82, 2.24) is 0 Å². The monoisotopic (exact) mass is 230 g/mol. The fourth-order valence-corrected chi connectivity index (χ4v) is 4.81. The summed E-state index contributed by atoms with van der Waals surface area (Å²) in [7, 11) is 0. The normalized spacial score (nSPS) is 47.2. The van der Waals surface area contributed by atoms with Crippen LogP contribution in [0.25, 0.3) is 0 Å². The van der Waals surface area contributed by atoms with Gasteiger partial charge in [-0.2, -0.15) is 0 Å². The lowest BCUT2D eigenvalue weighted by Crippen LogP contribution is -2.16. The van der Waals surface area contributed by atoms with Gasteiger partial charge in [-0.1, -0.05) is 43.6 Å². The largest absolute Gasteiger partial charge is 0.0925 e. The molecule has 12 heavy (non-hydrogen) atoms. The second-order valence-electron chi connectivity index (χ2n) is 5.69. The van der Waals surface area contributed by atoms with Gasteiger partial charge in [-0.25, -0.2) is 0 Å². The number of rotatable bonds is 2. The van der Waals surface area contributed by atoms with E-state index in [0.29, 0.717) is 16.2 Å². The van der Waals surface area contributed by atoms with Crippen LogP contribution in [0.4, 0.5) is 0 Å². The molecular weight excluding hydrogens is 212 g/mol. The van der Waals surface area contributed by atoms with Crippen molar-refractivity contribution in [2.24, 2.45) is 22.2 Å². The Bertz CT molecular complexity index is 215. The Labute approximate surface area is 84.2 Å². The number of alkyl halides is 1. The average Bonchev–Trinajstić information content (AvgIpc) is 2.78. The molecule has 0 nitrogen and oxygen atoms in total. The molecule has 2 rings (SSSR count). The highest BCUT2D eigenvalue weighted by molar-refractivity contribution is 9.09. The van der Waals surface area contributed by atoms with Gasteiger partial charge in [0.1, 0.15) is 0 Å². The minimum absolute atomic E-state index is 0.571. The first-order chi connectivity index (χ1) is 5.40. The van der Waals surface area contributed by atoms with Gasteiger partial charge in [-0.3, -0.25) is 0 Å². The highest BCUT2D eigenvalue weighted by Crippen LogP contribution is 2.82. The van der Waals surface area contributed by atoms with E-state index in [1.807, 2.05) is 0 Å². The third kappa shape index (κ3) is 0.748. The van der Waals surface area contributed by atoms with Gasteiger partial charge in [0.25, 0.3) is 0 Å². The van der Waals surface area contributed by atoms with Crippen molar-refractivity contribution in [1.29, 1.82) is 0 Å². The Morgan fingerprint density at radius 2 is 1.67 bits per heavy atom. The highest BCUT2D eigenvalue weighted by Gasteiger charge is 2.76. The molecule has 1 heteroatoms. The highest BCUT2D eigenvalue weighted by atomic mass is 79.9. The molecule has 2 aliphatic rings. The van der Waals surface area contributed by atoms with Crippen LogP contribution in [0.15, 0.2) is 0 Å². The molecule has 0 aliphatic heterocycles. The topological polar surface area (TPSA) is 0 Å². The van der Waals surface area contributed by atoms with E-state index in [0.717, 1.165) is 5.92 Å². The van der Waals surface area contributed by atoms with Gasteiger partial charge in [0.2, 0.25) is 0 Å². The second kappa shape index (κ2) is 2.10. The second-order valence-corrected chi connectivity index (χ2v) is 6.34. The van der Waals surface area contributed by atoms with Crippen LogP contribution < -0.4 is 0 Å². The van der Waals surface area contributed by atoms with Crippen molar-refractivity contribution < 1.29 is 0 Å². The van der Waals surface area contributed by atoms with E-state index in [2.05, 4.69) is 43.6 Å². The Hall–Kier alpha value is 0.480. The molecule has 2 aliphatic carbocycles. The molecule has 0 aromatic carbocycles. The predicted octanol–water partition coefficient (Wildman–Crippen LogP) is 3.84. The zero-order valence-electron chi connectivity index (χ0n) is 8.58. The van der Waals surface area contributed by atoms with Crippen molar-refractivity contribution in [3.8, 4) is 0 Å². The molecule has 70 valence electrons. The summed E-state index contributed by atoms with van der Waals surface area (Å²) in [6.07, 6.45) is 2.91. The molecule has 2 saturated carbocycles. The number of hydrogen-bond acceptors (Lipinski definition) is 0. The molecule has 2 unspecified atom stereocenters. The zero-order chi connectivity index (χ0) is 9.20. The summed E-state index contributed by atoms with van der Waals surface area (Å²) < 4.78 is 0. The van der Waals surface area contributed by atoms with Crippen LogP contribution in [0.1, 0.15) is 40.5 Å². The Balaban J connectivity index is 2.25. The molecule has 0 spiro atoms. The molecule has 0 aromatic rings. The first-order valence-corrected chi connectivity index (χ1v) is 6.08. The first-order valence-electron chi connectivity index (χ1n) is 4.96. The fourth-order valence-electron chi connectivity index (χ4n) is 3.35. The van der Waals surface area contributed by atoms with E-state index in [-0.39, 0.29) is 0 Å². The molecule has 0 amide bonds. The summed E-state index contributed by atoms with van der Waals surface area (Å²) in [5, 5.41) is 1.19. The lowest BCUT2D eigenvalue weighted by atomic mass is 9.82. The molecule has 2 atom stereocenters. The van der Waals surface area contributed by atoms with Crippen LogP contribution in [-0.2, 0) is 0 Å². The maximum Gasteiger partial charge on any atom is 0.00705 e. The smallest absolute Gasteiger partial charge is 0.00705 e. The summed E-state index contributed by atoms with van der Waals surface area (Å²) >= 11 is 3.65. The van der Waals surface area contributed by atoms with Crippen LogP contribution in [0.5, 0.6) is 0 Å². The molecule has 0 bridgehead atoms. The van der Waals surface area contributed by atoms with Gasteiger partial charge in [-0.15, -0.1) is 0 Å². The SMILES string of the molecule is CC1(C2(C)C(CBr)C2(C)C)CC1. The Kier molecular flexibility index (Phi) is 1.59. The van der Waals surface area contributed by atoms with Crippen molar-refractivity contribution in [2.75, 3.05) is 5.33 Å². The molecular formula is C11H19Br. The zero-order valence-corrected chi connectivity index (χ0v) is 10.2. The molecule has 0 saturated heterocycles. The van der Waals surface area contributed by atoms with Crippen LogP contribution in [0, 0.1) is 22.2 Å². The molecule has 0 aromatic heterocycles. The summed E-state index contributed by atoms with van der Waals surface area (Å²) in [4.78, 5) is 0. The minimum atomic E-state index is 0.571. The summed E-state index contributed by atoms with van der Waals surface area (Å²) in [5.74, 6) is 0.900. The van der Waals surface area contributed by atoms with Crippen molar-refractivity contribution in [2.45, 2.75) is 40.5 Å². The summed E-state index contributed by atoms with van der Waals surface area (Å²) in [6, 6.07) is 0. The predicted molar refractivity (Wildman–Crippen MR) is 56.5 cm³/mol. The first kappa shape index (κ1) is 9.05. The number of halogens is 1. The quantitative estimate of drug-likeness (QED) is 0.633. The fraction of sp³-hybridized carbons (Fsp3) is 1.00. The van der Waals surface area contributed by atoms with Gasteiger partial charge in [0, 0.05) is 5.33 Å². The van der Waals surface area contributed by atoms with Gasteiger partial charge in [0.15, 0.2) is 0 Å². The maximum atomic E-state index is 3.65. The summed E-state index contributed by atoms with van der Waals surface area (Å²) in [5.41, 5.74) is 1.86. The van der Waals surface area contributed by atoms with Crippen LogP contribution >= 0.6 is 15.9 Å². The van der Waals surface area contributed by atoms with Crippen LogP contribution in [0.2, 0.25) is 0 Å². The number of hydrogen-bond donors (Lipinski definition) is 0. The van der Waals surface area contributed by atoms with Crippen molar-refractivity contribution >= 4 is 15.9 Å². The van der Waals surface area contributed by atoms with Crippen LogP contribution in [-0.4, -0.2) is 5.33 Å². The van der Waals surface area contributed by atoms with Gasteiger partial charge in [-0.05, 0) is 35.0 Å². The standard InChI is InChI=1S/C11H19Br/c1-9(2)8(7-12)11(9,4)10(3)5-6-10/h8H,5-7H2,1-4H3. The van der Waals surface area contributed by atoms with Crippen LogP contribution in [0.3, 0.4) is 0 Å².